The van der Waals surface area contributed by atoms with Crippen LogP contribution in [0.5, 0.6) is 0 Å². The van der Waals surface area contributed by atoms with Gasteiger partial charge in [0.2, 0.25) is 0 Å². The molecule has 4 heteroatoms. The molecule has 0 bridgehead atoms. The van der Waals surface area contributed by atoms with Gasteiger partial charge >= 0.3 is 6.03 Å². The van der Waals surface area contributed by atoms with Crippen molar-refractivity contribution in [3.8, 4) is 0 Å². The van der Waals surface area contributed by atoms with Crippen LogP contribution >= 0.6 is 0 Å². The summed E-state index contributed by atoms with van der Waals surface area (Å²) in [5.74, 6) is 1.36. The molecule has 4 nitrogen and oxygen atoms in total. The van der Waals surface area contributed by atoms with Gasteiger partial charge in [-0.25, -0.2) is 4.79 Å². The second-order valence-corrected chi connectivity index (χ2v) is 5.89. The van der Waals surface area contributed by atoms with Crippen molar-refractivity contribution in [2.75, 3.05) is 32.8 Å². The molecule has 1 heterocycles. The molecule has 1 atom stereocenters. The monoisotopic (exact) mass is 270 g/mol. The van der Waals surface area contributed by atoms with E-state index in [4.69, 9.17) is 4.74 Å². The zero-order valence-electron chi connectivity index (χ0n) is 12.8. The highest BCUT2D eigenvalue weighted by molar-refractivity contribution is 5.74. The predicted molar refractivity (Wildman–Crippen MR) is 78.3 cm³/mol. The standard InChI is InChI=1S/C15H30N2O2/c1-4-14-6-5-9-17(12-14)15(18)16-8-11-19-10-7-13(2)3/h13-14H,4-12H2,1-3H3,(H,16,18). The Kier molecular flexibility index (Phi) is 7.87. The molecule has 1 aliphatic heterocycles. The van der Waals surface area contributed by atoms with Crippen molar-refractivity contribution in [2.24, 2.45) is 11.8 Å². The van der Waals surface area contributed by atoms with Crippen LogP contribution in [0, 0.1) is 11.8 Å². The topological polar surface area (TPSA) is 41.6 Å². The molecule has 0 aromatic rings. The number of hydrogen-bond donors (Lipinski definition) is 1. The smallest absolute Gasteiger partial charge is 0.317 e. The highest BCUT2D eigenvalue weighted by Crippen LogP contribution is 2.18. The lowest BCUT2D eigenvalue weighted by atomic mass is 9.96. The van der Waals surface area contributed by atoms with Crippen molar-refractivity contribution in [1.82, 2.24) is 10.2 Å². The van der Waals surface area contributed by atoms with Crippen LogP contribution in [0.3, 0.4) is 0 Å². The van der Waals surface area contributed by atoms with Gasteiger partial charge in [-0.05, 0) is 31.1 Å². The molecule has 112 valence electrons. The Morgan fingerprint density at radius 3 is 2.89 bits per heavy atom. The van der Waals surface area contributed by atoms with E-state index in [0.29, 0.717) is 25.0 Å². The first kappa shape index (κ1) is 16.3. The number of nitrogens with one attached hydrogen (secondary N) is 1. The number of urea groups is 1. The summed E-state index contributed by atoms with van der Waals surface area (Å²) in [6.07, 6.45) is 4.65. The summed E-state index contributed by atoms with van der Waals surface area (Å²) in [5.41, 5.74) is 0. The van der Waals surface area contributed by atoms with Gasteiger partial charge in [0.25, 0.3) is 0 Å². The molecule has 1 N–H and O–H groups in total. The molecule has 0 aromatic carbocycles. The van der Waals surface area contributed by atoms with Crippen LogP contribution in [0.1, 0.15) is 46.5 Å². The van der Waals surface area contributed by atoms with E-state index in [9.17, 15) is 4.79 Å². The molecule has 2 amide bonds. The van der Waals surface area contributed by atoms with Gasteiger partial charge in [-0.15, -0.1) is 0 Å². The van der Waals surface area contributed by atoms with Gasteiger partial charge in [-0.1, -0.05) is 27.2 Å². The van der Waals surface area contributed by atoms with Crippen molar-refractivity contribution < 1.29 is 9.53 Å². The summed E-state index contributed by atoms with van der Waals surface area (Å²) in [5, 5.41) is 2.95. The molecule has 1 aliphatic rings. The minimum Gasteiger partial charge on any atom is -0.380 e. The van der Waals surface area contributed by atoms with E-state index < -0.39 is 0 Å². The molecule has 1 fully saturated rings. The maximum Gasteiger partial charge on any atom is 0.317 e. The van der Waals surface area contributed by atoms with Crippen LogP contribution in [0.25, 0.3) is 0 Å². The zero-order chi connectivity index (χ0) is 14.1. The maximum atomic E-state index is 12.0. The van der Waals surface area contributed by atoms with Crippen LogP contribution < -0.4 is 5.32 Å². The van der Waals surface area contributed by atoms with Gasteiger partial charge in [-0.2, -0.15) is 0 Å². The number of likely N-dealkylation sites (tertiary alicyclic amines) is 1. The third kappa shape index (κ3) is 6.81. The van der Waals surface area contributed by atoms with Crippen LogP contribution in [0.2, 0.25) is 0 Å². The van der Waals surface area contributed by atoms with Crippen LogP contribution in [0.15, 0.2) is 0 Å². The molecule has 1 rings (SSSR count). The molecule has 19 heavy (non-hydrogen) atoms. The van der Waals surface area contributed by atoms with Gasteiger partial charge in [0, 0.05) is 26.2 Å². The Balaban J connectivity index is 2.07. The third-order valence-electron chi connectivity index (χ3n) is 3.75. The fourth-order valence-electron chi connectivity index (χ4n) is 2.35. The zero-order valence-corrected chi connectivity index (χ0v) is 12.8. The highest BCUT2D eigenvalue weighted by atomic mass is 16.5. The number of ether oxygens (including phenoxy) is 1. The molecule has 0 radical (unpaired) electrons. The van der Waals surface area contributed by atoms with E-state index in [1.54, 1.807) is 0 Å². The highest BCUT2D eigenvalue weighted by Gasteiger charge is 2.21. The van der Waals surface area contributed by atoms with Crippen molar-refractivity contribution in [3.63, 3.8) is 0 Å². The Morgan fingerprint density at radius 2 is 2.21 bits per heavy atom. The van der Waals surface area contributed by atoms with Crippen molar-refractivity contribution in [3.05, 3.63) is 0 Å². The molecule has 1 saturated heterocycles. The van der Waals surface area contributed by atoms with Gasteiger partial charge < -0.3 is 15.0 Å². The molecule has 1 unspecified atom stereocenters. The SMILES string of the molecule is CCC1CCCN(C(=O)NCCOCCC(C)C)C1. The number of hydrogen-bond acceptors (Lipinski definition) is 2. The first-order valence-corrected chi connectivity index (χ1v) is 7.74. The molecule has 0 saturated carbocycles. The van der Waals surface area contributed by atoms with E-state index in [2.05, 4.69) is 26.1 Å². The quantitative estimate of drug-likeness (QED) is 0.723. The minimum atomic E-state index is 0.0746. The normalized spacial score (nSPS) is 19.8. The first-order chi connectivity index (χ1) is 9.13. The largest absolute Gasteiger partial charge is 0.380 e. The molecular weight excluding hydrogens is 240 g/mol. The Labute approximate surface area is 117 Å². The summed E-state index contributed by atoms with van der Waals surface area (Å²) in [7, 11) is 0. The summed E-state index contributed by atoms with van der Waals surface area (Å²) in [6, 6.07) is 0.0746. The molecular formula is C15H30N2O2. The summed E-state index contributed by atoms with van der Waals surface area (Å²) < 4.78 is 5.49. The average molecular weight is 270 g/mol. The number of rotatable bonds is 7. The molecule has 0 spiro atoms. The number of nitrogens with zero attached hydrogens (tertiary/aromatic N) is 1. The second-order valence-electron chi connectivity index (χ2n) is 5.89. The van der Waals surface area contributed by atoms with Crippen molar-refractivity contribution in [2.45, 2.75) is 46.5 Å². The summed E-state index contributed by atoms with van der Waals surface area (Å²) >= 11 is 0. The summed E-state index contributed by atoms with van der Waals surface area (Å²) in [4.78, 5) is 13.9. The number of piperidine rings is 1. The molecule has 0 aromatic heterocycles. The second kappa shape index (κ2) is 9.18. The maximum absolute atomic E-state index is 12.0. The molecule has 0 aliphatic carbocycles. The van der Waals surface area contributed by atoms with Crippen molar-refractivity contribution >= 4 is 6.03 Å². The number of carbonyl (C=O) groups excluding carboxylic acids is 1. The Morgan fingerprint density at radius 1 is 1.42 bits per heavy atom. The Bertz CT molecular complexity index is 257. The van der Waals surface area contributed by atoms with E-state index in [0.717, 1.165) is 32.5 Å². The lowest BCUT2D eigenvalue weighted by Gasteiger charge is -2.32. The van der Waals surface area contributed by atoms with Crippen LogP contribution in [-0.2, 0) is 4.74 Å². The average Bonchev–Trinajstić information content (AvgIpc) is 2.42. The minimum absolute atomic E-state index is 0.0746. The fourth-order valence-corrected chi connectivity index (χ4v) is 2.35. The lowest BCUT2D eigenvalue weighted by molar-refractivity contribution is 0.121. The van der Waals surface area contributed by atoms with Gasteiger partial charge in [0.15, 0.2) is 0 Å². The fraction of sp³-hybridized carbons (Fsp3) is 0.933. The lowest BCUT2D eigenvalue weighted by Crippen LogP contribution is -2.46. The predicted octanol–water partition coefficient (Wildman–Crippen LogP) is 2.88. The van der Waals surface area contributed by atoms with Crippen molar-refractivity contribution in [1.29, 1.82) is 0 Å². The third-order valence-corrected chi connectivity index (χ3v) is 3.75. The van der Waals surface area contributed by atoms with Gasteiger partial charge in [0.1, 0.15) is 0 Å². The van der Waals surface area contributed by atoms with E-state index in [1.165, 1.54) is 12.8 Å². The number of amides is 2. The van der Waals surface area contributed by atoms with Crippen LogP contribution in [0.4, 0.5) is 4.79 Å². The Hall–Kier alpha value is -0.770. The van der Waals surface area contributed by atoms with E-state index >= 15 is 0 Å². The first-order valence-electron chi connectivity index (χ1n) is 7.74. The van der Waals surface area contributed by atoms with E-state index in [1.807, 2.05) is 4.90 Å². The van der Waals surface area contributed by atoms with Gasteiger partial charge in [-0.3, -0.25) is 0 Å². The van der Waals surface area contributed by atoms with E-state index in [-0.39, 0.29) is 6.03 Å². The van der Waals surface area contributed by atoms with Gasteiger partial charge in [0.05, 0.1) is 6.61 Å². The number of carbonyl (C=O) groups is 1. The summed E-state index contributed by atoms with van der Waals surface area (Å²) in [6.45, 7) is 10.4. The van der Waals surface area contributed by atoms with Crippen LogP contribution in [-0.4, -0.2) is 43.8 Å².